The first-order chi connectivity index (χ1) is 9.08. The molecule has 0 saturated carbocycles. The van der Waals surface area contributed by atoms with Crippen molar-refractivity contribution in [3.8, 4) is 0 Å². The van der Waals surface area contributed by atoms with Crippen molar-refractivity contribution in [2.75, 3.05) is 6.54 Å². The second-order valence-electron chi connectivity index (χ2n) is 5.46. The molecule has 19 heavy (non-hydrogen) atoms. The molecule has 0 fully saturated rings. The molecule has 3 N–H and O–H groups in total. The van der Waals surface area contributed by atoms with E-state index in [1.807, 2.05) is 26.0 Å². The van der Waals surface area contributed by atoms with Crippen LogP contribution in [-0.4, -0.2) is 29.7 Å². The highest BCUT2D eigenvalue weighted by Crippen LogP contribution is 2.16. The third kappa shape index (κ3) is 3.55. The Balaban J connectivity index is 1.89. The molecule has 4 nitrogen and oxygen atoms in total. The number of nitrogens with one attached hydrogen (secondary N) is 2. The Morgan fingerprint density at radius 1 is 1.42 bits per heavy atom. The van der Waals surface area contributed by atoms with Crippen LogP contribution in [0.15, 0.2) is 24.3 Å². The Labute approximate surface area is 114 Å². The Bertz CT molecular complexity index is 446. The van der Waals surface area contributed by atoms with Gasteiger partial charge in [-0.2, -0.15) is 0 Å². The summed E-state index contributed by atoms with van der Waals surface area (Å²) >= 11 is 0. The number of hydrogen-bond donors (Lipinski definition) is 3. The fraction of sp³-hybridized carbons (Fsp3) is 0.533. The molecular formula is C15H22N2O2. The van der Waals surface area contributed by atoms with Crippen molar-refractivity contribution in [3.05, 3.63) is 35.4 Å². The quantitative estimate of drug-likeness (QED) is 0.753. The molecule has 1 heterocycles. The van der Waals surface area contributed by atoms with Gasteiger partial charge in [0.05, 0.1) is 12.1 Å². The van der Waals surface area contributed by atoms with Crippen LogP contribution in [0.2, 0.25) is 0 Å². The van der Waals surface area contributed by atoms with Gasteiger partial charge in [0.2, 0.25) is 5.91 Å². The van der Waals surface area contributed by atoms with Crippen molar-refractivity contribution in [1.82, 2.24) is 10.6 Å². The largest absolute Gasteiger partial charge is 0.391 e. The van der Waals surface area contributed by atoms with Gasteiger partial charge in [0.1, 0.15) is 0 Å². The Kier molecular flexibility index (Phi) is 4.56. The highest BCUT2D eigenvalue weighted by molar-refractivity contribution is 5.82. The molecule has 0 radical (unpaired) electrons. The van der Waals surface area contributed by atoms with E-state index in [0.717, 1.165) is 6.54 Å². The standard InChI is InChI=1S/C15H22N2O2/c1-10(2)14(18)9-17-15(19)13-7-11-5-3-4-6-12(11)8-16-13/h3-6,10,13-14,16,18H,7-9H2,1-2H3,(H,17,19). The van der Waals surface area contributed by atoms with Crippen LogP contribution >= 0.6 is 0 Å². The van der Waals surface area contributed by atoms with Crippen LogP contribution in [0.3, 0.4) is 0 Å². The maximum absolute atomic E-state index is 12.1. The predicted octanol–water partition coefficient (Wildman–Crippen LogP) is 0.834. The normalized spacial score (nSPS) is 19.9. The third-order valence-electron chi connectivity index (χ3n) is 3.65. The van der Waals surface area contributed by atoms with Gasteiger partial charge in [-0.15, -0.1) is 0 Å². The maximum atomic E-state index is 12.1. The molecule has 1 aromatic rings. The summed E-state index contributed by atoms with van der Waals surface area (Å²) in [7, 11) is 0. The first-order valence-corrected chi connectivity index (χ1v) is 6.84. The van der Waals surface area contributed by atoms with E-state index < -0.39 is 6.10 Å². The Morgan fingerprint density at radius 3 is 2.79 bits per heavy atom. The predicted molar refractivity (Wildman–Crippen MR) is 74.6 cm³/mol. The number of aliphatic hydroxyl groups is 1. The molecule has 0 saturated heterocycles. The van der Waals surface area contributed by atoms with Crippen molar-refractivity contribution in [2.45, 2.75) is 39.0 Å². The highest BCUT2D eigenvalue weighted by Gasteiger charge is 2.24. The summed E-state index contributed by atoms with van der Waals surface area (Å²) in [6.45, 7) is 4.91. The van der Waals surface area contributed by atoms with Crippen LogP contribution in [-0.2, 0) is 17.8 Å². The fourth-order valence-electron chi connectivity index (χ4n) is 2.20. The topological polar surface area (TPSA) is 61.4 Å². The summed E-state index contributed by atoms with van der Waals surface area (Å²) < 4.78 is 0. The molecule has 2 rings (SSSR count). The second kappa shape index (κ2) is 6.17. The fourth-order valence-corrected chi connectivity index (χ4v) is 2.20. The van der Waals surface area contributed by atoms with E-state index in [-0.39, 0.29) is 17.9 Å². The first-order valence-electron chi connectivity index (χ1n) is 6.84. The summed E-state index contributed by atoms with van der Waals surface area (Å²) in [5.41, 5.74) is 2.49. The van der Waals surface area contributed by atoms with Crippen LogP contribution in [0.25, 0.3) is 0 Å². The third-order valence-corrected chi connectivity index (χ3v) is 3.65. The van der Waals surface area contributed by atoms with E-state index in [2.05, 4.69) is 22.8 Å². The minimum Gasteiger partial charge on any atom is -0.391 e. The lowest BCUT2D eigenvalue weighted by atomic mass is 9.95. The lowest BCUT2D eigenvalue weighted by Gasteiger charge is -2.26. The molecule has 0 bridgehead atoms. The molecule has 1 aromatic carbocycles. The van der Waals surface area contributed by atoms with Gasteiger partial charge in [0.15, 0.2) is 0 Å². The number of benzene rings is 1. The highest BCUT2D eigenvalue weighted by atomic mass is 16.3. The lowest BCUT2D eigenvalue weighted by molar-refractivity contribution is -0.123. The number of rotatable bonds is 4. The van der Waals surface area contributed by atoms with Crippen LogP contribution in [0, 0.1) is 5.92 Å². The number of carbonyl (C=O) groups is 1. The average molecular weight is 262 g/mol. The smallest absolute Gasteiger partial charge is 0.237 e. The van der Waals surface area contributed by atoms with Crippen LogP contribution in [0.4, 0.5) is 0 Å². The number of hydrogen-bond acceptors (Lipinski definition) is 3. The van der Waals surface area contributed by atoms with E-state index in [0.29, 0.717) is 13.0 Å². The van der Waals surface area contributed by atoms with Crippen molar-refractivity contribution in [2.24, 2.45) is 5.92 Å². The molecule has 1 aliphatic rings. The molecule has 4 heteroatoms. The molecule has 1 amide bonds. The zero-order valence-corrected chi connectivity index (χ0v) is 11.5. The minimum absolute atomic E-state index is 0.0331. The van der Waals surface area contributed by atoms with Crippen molar-refractivity contribution in [1.29, 1.82) is 0 Å². The van der Waals surface area contributed by atoms with Gasteiger partial charge >= 0.3 is 0 Å². The van der Waals surface area contributed by atoms with Gasteiger partial charge in [-0.05, 0) is 23.5 Å². The zero-order chi connectivity index (χ0) is 13.8. The number of carbonyl (C=O) groups excluding carboxylic acids is 1. The summed E-state index contributed by atoms with van der Waals surface area (Å²) in [6.07, 6.45) is 0.222. The van der Waals surface area contributed by atoms with Crippen molar-refractivity contribution >= 4 is 5.91 Å². The van der Waals surface area contributed by atoms with E-state index in [9.17, 15) is 9.90 Å². The van der Waals surface area contributed by atoms with E-state index in [1.165, 1.54) is 11.1 Å². The van der Waals surface area contributed by atoms with E-state index in [4.69, 9.17) is 0 Å². The minimum atomic E-state index is -0.486. The zero-order valence-electron chi connectivity index (χ0n) is 11.5. The SMILES string of the molecule is CC(C)C(O)CNC(=O)C1Cc2ccccc2CN1. The average Bonchev–Trinajstić information content (AvgIpc) is 2.43. The summed E-state index contributed by atoms with van der Waals surface area (Å²) in [5.74, 6) is 0.120. The van der Waals surface area contributed by atoms with Gasteiger partial charge in [-0.3, -0.25) is 4.79 Å². The van der Waals surface area contributed by atoms with Gasteiger partial charge in [0.25, 0.3) is 0 Å². The Morgan fingerprint density at radius 2 is 2.11 bits per heavy atom. The summed E-state index contributed by atoms with van der Waals surface area (Å²) in [6, 6.07) is 7.97. The van der Waals surface area contributed by atoms with Crippen LogP contribution in [0.1, 0.15) is 25.0 Å². The van der Waals surface area contributed by atoms with Crippen LogP contribution < -0.4 is 10.6 Å². The van der Waals surface area contributed by atoms with Crippen LogP contribution in [0.5, 0.6) is 0 Å². The summed E-state index contributed by atoms with van der Waals surface area (Å²) in [4.78, 5) is 12.1. The molecule has 0 spiro atoms. The van der Waals surface area contributed by atoms with Gasteiger partial charge < -0.3 is 15.7 Å². The van der Waals surface area contributed by atoms with Crippen molar-refractivity contribution in [3.63, 3.8) is 0 Å². The molecule has 104 valence electrons. The van der Waals surface area contributed by atoms with Gasteiger partial charge in [-0.1, -0.05) is 38.1 Å². The van der Waals surface area contributed by atoms with Crippen molar-refractivity contribution < 1.29 is 9.90 Å². The van der Waals surface area contributed by atoms with E-state index >= 15 is 0 Å². The second-order valence-corrected chi connectivity index (χ2v) is 5.46. The van der Waals surface area contributed by atoms with Gasteiger partial charge in [-0.25, -0.2) is 0 Å². The Hall–Kier alpha value is -1.39. The molecule has 1 aliphatic heterocycles. The maximum Gasteiger partial charge on any atom is 0.237 e. The number of amides is 1. The number of aliphatic hydroxyl groups excluding tert-OH is 1. The van der Waals surface area contributed by atoms with E-state index in [1.54, 1.807) is 0 Å². The molecule has 2 unspecified atom stereocenters. The monoisotopic (exact) mass is 262 g/mol. The molecule has 0 aliphatic carbocycles. The molecular weight excluding hydrogens is 240 g/mol. The first kappa shape index (κ1) is 14.0. The lowest BCUT2D eigenvalue weighted by Crippen LogP contribution is -2.49. The number of fused-ring (bicyclic) bond motifs is 1. The molecule has 2 atom stereocenters. The molecule has 0 aromatic heterocycles. The van der Waals surface area contributed by atoms with Gasteiger partial charge in [0, 0.05) is 13.1 Å². The summed E-state index contributed by atoms with van der Waals surface area (Å²) in [5, 5.41) is 15.7.